The van der Waals surface area contributed by atoms with Crippen molar-refractivity contribution >= 4 is 29.3 Å². The Morgan fingerprint density at radius 1 is 1.10 bits per heavy atom. The highest BCUT2D eigenvalue weighted by molar-refractivity contribution is 6.12. The van der Waals surface area contributed by atoms with Crippen molar-refractivity contribution in [1.29, 1.82) is 0 Å². The molecule has 0 bridgehead atoms. The molecule has 0 saturated carbocycles. The molecule has 7 heteroatoms. The number of urea groups is 1. The summed E-state index contributed by atoms with van der Waals surface area (Å²) in [7, 11) is 0. The van der Waals surface area contributed by atoms with Crippen molar-refractivity contribution in [3.05, 3.63) is 65.2 Å². The van der Waals surface area contributed by atoms with Crippen molar-refractivity contribution in [2.24, 2.45) is 0 Å². The predicted molar refractivity (Wildman–Crippen MR) is 106 cm³/mol. The molecule has 0 aromatic heterocycles. The van der Waals surface area contributed by atoms with E-state index in [-0.39, 0.29) is 24.1 Å². The summed E-state index contributed by atoms with van der Waals surface area (Å²) < 4.78 is 0. The normalized spacial score (nSPS) is 20.0. The largest absolute Gasteiger partial charge is 0.326 e. The van der Waals surface area contributed by atoms with E-state index in [0.717, 1.165) is 16.0 Å². The molecule has 1 aliphatic heterocycles. The van der Waals surface area contributed by atoms with Gasteiger partial charge in [0.25, 0.3) is 5.91 Å². The van der Waals surface area contributed by atoms with E-state index in [1.165, 1.54) is 0 Å². The first-order chi connectivity index (χ1) is 13.9. The summed E-state index contributed by atoms with van der Waals surface area (Å²) in [6, 6.07) is 13.4. The molecule has 1 unspecified atom stereocenters. The summed E-state index contributed by atoms with van der Waals surface area (Å²) in [5.74, 6) is -0.844. The summed E-state index contributed by atoms with van der Waals surface area (Å²) in [6.07, 6.45) is 1.56. The van der Waals surface area contributed by atoms with E-state index in [2.05, 4.69) is 10.6 Å². The van der Waals surface area contributed by atoms with Crippen LogP contribution in [0.15, 0.2) is 48.5 Å². The van der Waals surface area contributed by atoms with E-state index in [1.54, 1.807) is 31.2 Å². The molecule has 2 N–H and O–H groups in total. The number of hydrogen-bond donors (Lipinski definition) is 2. The fourth-order valence-electron chi connectivity index (χ4n) is 3.96. The summed E-state index contributed by atoms with van der Waals surface area (Å²) in [5.41, 5.74) is 1.74. The quantitative estimate of drug-likeness (QED) is 0.605. The SMILES string of the molecule is CCC(=O)Nc1ccc(C(=O)CN2C(=O)NC3(CCc4ccccc43)C2=O)cc1. The molecule has 1 saturated heterocycles. The van der Waals surface area contributed by atoms with Crippen LogP contribution in [0.3, 0.4) is 0 Å². The van der Waals surface area contributed by atoms with Crippen molar-refractivity contribution in [3.8, 4) is 0 Å². The highest BCUT2D eigenvalue weighted by Gasteiger charge is 2.55. The highest BCUT2D eigenvalue weighted by atomic mass is 16.2. The molecule has 4 amide bonds. The summed E-state index contributed by atoms with van der Waals surface area (Å²) in [6.45, 7) is 1.43. The zero-order chi connectivity index (χ0) is 20.6. The topological polar surface area (TPSA) is 95.6 Å². The van der Waals surface area contributed by atoms with Gasteiger partial charge in [0, 0.05) is 17.7 Å². The number of carbonyl (C=O) groups excluding carboxylic acids is 4. The van der Waals surface area contributed by atoms with Gasteiger partial charge >= 0.3 is 6.03 Å². The molecule has 148 valence electrons. The zero-order valence-electron chi connectivity index (χ0n) is 16.0. The van der Waals surface area contributed by atoms with Crippen molar-refractivity contribution in [2.75, 3.05) is 11.9 Å². The Balaban J connectivity index is 1.50. The average Bonchev–Trinajstić information content (AvgIpc) is 3.21. The van der Waals surface area contributed by atoms with E-state index in [9.17, 15) is 19.2 Å². The highest BCUT2D eigenvalue weighted by Crippen LogP contribution is 2.41. The van der Waals surface area contributed by atoms with E-state index < -0.39 is 11.6 Å². The Labute approximate surface area is 168 Å². The first-order valence-corrected chi connectivity index (χ1v) is 9.60. The maximum absolute atomic E-state index is 13.1. The molecule has 29 heavy (non-hydrogen) atoms. The van der Waals surface area contributed by atoms with Gasteiger partial charge in [-0.2, -0.15) is 0 Å². The number of imide groups is 1. The van der Waals surface area contributed by atoms with Crippen molar-refractivity contribution in [2.45, 2.75) is 31.7 Å². The fourth-order valence-corrected chi connectivity index (χ4v) is 3.96. The van der Waals surface area contributed by atoms with Crippen LogP contribution in [0.1, 0.15) is 41.3 Å². The molecular weight excluding hydrogens is 370 g/mol. The molecule has 1 atom stereocenters. The number of amides is 4. The summed E-state index contributed by atoms with van der Waals surface area (Å²) in [5, 5.41) is 5.53. The lowest BCUT2D eigenvalue weighted by Gasteiger charge is -2.22. The van der Waals surface area contributed by atoms with Crippen LogP contribution in [0, 0.1) is 0 Å². The Bertz CT molecular complexity index is 1010. The maximum atomic E-state index is 13.1. The van der Waals surface area contributed by atoms with Gasteiger partial charge in [-0.05, 0) is 48.2 Å². The first kappa shape index (κ1) is 18.9. The minimum absolute atomic E-state index is 0.120. The number of ketones is 1. The Morgan fingerprint density at radius 2 is 1.83 bits per heavy atom. The third kappa shape index (κ3) is 3.18. The molecule has 1 spiro atoms. The van der Waals surface area contributed by atoms with Crippen LogP contribution in [0.5, 0.6) is 0 Å². The second kappa shape index (κ2) is 7.16. The second-order valence-corrected chi connectivity index (χ2v) is 7.29. The van der Waals surface area contributed by atoms with Crippen molar-refractivity contribution in [3.63, 3.8) is 0 Å². The molecule has 4 rings (SSSR count). The lowest BCUT2D eigenvalue weighted by atomic mass is 9.92. The number of nitrogens with one attached hydrogen (secondary N) is 2. The fraction of sp³-hybridized carbons (Fsp3) is 0.273. The second-order valence-electron chi connectivity index (χ2n) is 7.29. The van der Waals surface area contributed by atoms with Gasteiger partial charge in [-0.3, -0.25) is 19.3 Å². The lowest BCUT2D eigenvalue weighted by molar-refractivity contribution is -0.131. The van der Waals surface area contributed by atoms with Crippen LogP contribution in [-0.2, 0) is 21.5 Å². The number of aryl methyl sites for hydroxylation is 1. The minimum atomic E-state index is -1.07. The van der Waals surface area contributed by atoms with Gasteiger partial charge in [0.2, 0.25) is 5.91 Å². The van der Waals surface area contributed by atoms with Gasteiger partial charge in [0.1, 0.15) is 5.54 Å². The minimum Gasteiger partial charge on any atom is -0.326 e. The number of Topliss-reactive ketones (excluding diaryl/α,β-unsaturated/α-hetero) is 1. The van der Waals surface area contributed by atoms with E-state index >= 15 is 0 Å². The zero-order valence-corrected chi connectivity index (χ0v) is 16.0. The number of anilines is 1. The predicted octanol–water partition coefficient (Wildman–Crippen LogP) is 2.61. The van der Waals surface area contributed by atoms with Gasteiger partial charge in [-0.15, -0.1) is 0 Å². The average molecular weight is 391 g/mol. The number of hydrogen-bond acceptors (Lipinski definition) is 4. The number of fused-ring (bicyclic) bond motifs is 2. The molecule has 2 aliphatic rings. The van der Waals surface area contributed by atoms with Crippen LogP contribution in [0.4, 0.5) is 10.5 Å². The number of benzene rings is 2. The van der Waals surface area contributed by atoms with Crippen LogP contribution >= 0.6 is 0 Å². The molecule has 0 radical (unpaired) electrons. The van der Waals surface area contributed by atoms with E-state index in [0.29, 0.717) is 30.5 Å². The van der Waals surface area contributed by atoms with Gasteiger partial charge in [-0.25, -0.2) is 4.79 Å². The third-order valence-corrected chi connectivity index (χ3v) is 5.54. The van der Waals surface area contributed by atoms with Crippen LogP contribution in [0.25, 0.3) is 0 Å². The number of rotatable bonds is 5. The summed E-state index contributed by atoms with van der Waals surface area (Å²) >= 11 is 0. The van der Waals surface area contributed by atoms with Crippen LogP contribution in [-0.4, -0.2) is 35.1 Å². The maximum Gasteiger partial charge on any atom is 0.325 e. The third-order valence-electron chi connectivity index (χ3n) is 5.54. The molecule has 1 aliphatic carbocycles. The van der Waals surface area contributed by atoms with Gasteiger partial charge < -0.3 is 10.6 Å². The Kier molecular flexibility index (Phi) is 4.66. The molecule has 2 aromatic rings. The van der Waals surface area contributed by atoms with Crippen molar-refractivity contribution < 1.29 is 19.2 Å². The molecule has 1 fully saturated rings. The van der Waals surface area contributed by atoms with Gasteiger partial charge in [0.05, 0.1) is 6.54 Å². The monoisotopic (exact) mass is 391 g/mol. The standard InChI is InChI=1S/C22H21N3O4/c1-2-19(27)23-16-9-7-15(8-10-16)18(26)13-25-20(28)22(24-21(25)29)12-11-14-5-3-4-6-17(14)22/h3-10H,2,11-13H2,1H3,(H,23,27)(H,24,29). The molecule has 2 aromatic carbocycles. The summed E-state index contributed by atoms with van der Waals surface area (Å²) in [4.78, 5) is 50.8. The van der Waals surface area contributed by atoms with Crippen LogP contribution < -0.4 is 10.6 Å². The molecular formula is C22H21N3O4. The van der Waals surface area contributed by atoms with Gasteiger partial charge in [-0.1, -0.05) is 31.2 Å². The molecule has 7 nitrogen and oxygen atoms in total. The lowest BCUT2D eigenvalue weighted by Crippen LogP contribution is -2.42. The van der Waals surface area contributed by atoms with Crippen LogP contribution in [0.2, 0.25) is 0 Å². The number of carbonyl (C=O) groups is 4. The van der Waals surface area contributed by atoms with E-state index in [4.69, 9.17) is 0 Å². The van der Waals surface area contributed by atoms with Crippen molar-refractivity contribution in [1.82, 2.24) is 10.2 Å². The van der Waals surface area contributed by atoms with E-state index in [1.807, 2.05) is 24.3 Å². The Hall–Kier alpha value is -3.48. The first-order valence-electron chi connectivity index (χ1n) is 9.60. The number of nitrogens with zero attached hydrogens (tertiary/aromatic N) is 1. The smallest absolute Gasteiger partial charge is 0.325 e. The molecule has 1 heterocycles. The Morgan fingerprint density at radius 3 is 2.55 bits per heavy atom. The van der Waals surface area contributed by atoms with Gasteiger partial charge in [0.15, 0.2) is 5.78 Å².